The van der Waals surface area contributed by atoms with Gasteiger partial charge in [-0.2, -0.15) is 0 Å². The minimum atomic E-state index is -0.488. The third-order valence-electron chi connectivity index (χ3n) is 4.16. The van der Waals surface area contributed by atoms with Crippen LogP contribution in [0.3, 0.4) is 0 Å². The van der Waals surface area contributed by atoms with Crippen molar-refractivity contribution in [1.29, 1.82) is 0 Å². The van der Waals surface area contributed by atoms with E-state index in [4.69, 9.17) is 0 Å². The highest BCUT2D eigenvalue weighted by molar-refractivity contribution is 7.22. The standard InChI is InChI=1S/C18H14N6O3S/c1-10-6-7-14-15(8-10)28-18(19-14)20-17(25)16-11(2)23(22-21-16)12-4-3-5-13(9-12)24(26)27/h3-9H,1-2H3,(H,19,20,25). The first-order valence-corrected chi connectivity index (χ1v) is 9.10. The van der Waals surface area contributed by atoms with Crippen LogP contribution in [0.2, 0.25) is 0 Å². The summed E-state index contributed by atoms with van der Waals surface area (Å²) in [6.07, 6.45) is 0. The van der Waals surface area contributed by atoms with E-state index in [1.54, 1.807) is 19.1 Å². The monoisotopic (exact) mass is 394 g/mol. The molecule has 2 aromatic carbocycles. The zero-order chi connectivity index (χ0) is 19.8. The van der Waals surface area contributed by atoms with Crippen molar-refractivity contribution < 1.29 is 9.72 Å². The summed E-state index contributed by atoms with van der Waals surface area (Å²) in [5.41, 5.74) is 2.90. The van der Waals surface area contributed by atoms with Gasteiger partial charge in [0.05, 0.1) is 26.5 Å². The maximum Gasteiger partial charge on any atom is 0.279 e. The van der Waals surface area contributed by atoms with Gasteiger partial charge in [-0.05, 0) is 37.6 Å². The van der Waals surface area contributed by atoms with E-state index < -0.39 is 10.8 Å². The summed E-state index contributed by atoms with van der Waals surface area (Å²) in [6.45, 7) is 3.67. The molecule has 0 atom stereocenters. The normalized spacial score (nSPS) is 10.9. The summed E-state index contributed by atoms with van der Waals surface area (Å²) in [4.78, 5) is 27.5. The topological polar surface area (TPSA) is 116 Å². The Morgan fingerprint density at radius 3 is 2.82 bits per heavy atom. The molecule has 0 fully saturated rings. The van der Waals surface area contributed by atoms with Crippen LogP contribution in [0.5, 0.6) is 0 Å². The minimum absolute atomic E-state index is 0.0665. The maximum atomic E-state index is 12.6. The number of nitrogens with one attached hydrogen (secondary N) is 1. The summed E-state index contributed by atoms with van der Waals surface area (Å²) >= 11 is 1.38. The Labute approximate surface area is 162 Å². The molecule has 9 nitrogen and oxygen atoms in total. The zero-order valence-corrected chi connectivity index (χ0v) is 15.7. The van der Waals surface area contributed by atoms with Crippen molar-refractivity contribution in [2.75, 3.05) is 5.32 Å². The van der Waals surface area contributed by atoms with E-state index in [0.717, 1.165) is 15.8 Å². The van der Waals surface area contributed by atoms with Crippen LogP contribution in [-0.4, -0.2) is 30.8 Å². The number of hydrogen-bond acceptors (Lipinski definition) is 7. The van der Waals surface area contributed by atoms with E-state index in [2.05, 4.69) is 20.6 Å². The number of amides is 1. The van der Waals surface area contributed by atoms with E-state index in [9.17, 15) is 14.9 Å². The van der Waals surface area contributed by atoms with Gasteiger partial charge in [-0.15, -0.1) is 5.10 Å². The van der Waals surface area contributed by atoms with Crippen molar-refractivity contribution in [3.8, 4) is 5.69 Å². The molecule has 0 aliphatic rings. The Balaban J connectivity index is 1.62. The van der Waals surface area contributed by atoms with Gasteiger partial charge in [0, 0.05) is 12.1 Å². The van der Waals surface area contributed by atoms with Gasteiger partial charge in [0.25, 0.3) is 11.6 Å². The molecular weight excluding hydrogens is 380 g/mol. The molecular formula is C18H14N6O3S. The van der Waals surface area contributed by atoms with Crippen LogP contribution in [-0.2, 0) is 0 Å². The molecule has 2 aromatic heterocycles. The second-order valence-corrected chi connectivity index (χ2v) is 7.19. The van der Waals surface area contributed by atoms with Gasteiger partial charge < -0.3 is 0 Å². The molecule has 0 radical (unpaired) electrons. The number of aryl methyl sites for hydroxylation is 1. The summed E-state index contributed by atoms with van der Waals surface area (Å²) in [5, 5.41) is 22.1. The average Bonchev–Trinajstić information content (AvgIpc) is 3.24. The number of rotatable bonds is 4. The number of thiazole rings is 1. The lowest BCUT2D eigenvalue weighted by atomic mass is 10.2. The molecule has 10 heteroatoms. The van der Waals surface area contributed by atoms with Crippen molar-refractivity contribution in [2.24, 2.45) is 0 Å². The molecule has 28 heavy (non-hydrogen) atoms. The van der Waals surface area contributed by atoms with Crippen LogP contribution in [0.15, 0.2) is 42.5 Å². The zero-order valence-electron chi connectivity index (χ0n) is 14.9. The Hall–Kier alpha value is -3.66. The van der Waals surface area contributed by atoms with Crippen LogP contribution in [0.25, 0.3) is 15.9 Å². The highest BCUT2D eigenvalue weighted by Crippen LogP contribution is 2.27. The maximum absolute atomic E-state index is 12.6. The number of fused-ring (bicyclic) bond motifs is 1. The fourth-order valence-electron chi connectivity index (χ4n) is 2.76. The molecule has 0 aliphatic heterocycles. The van der Waals surface area contributed by atoms with Gasteiger partial charge in [-0.25, -0.2) is 9.67 Å². The molecule has 1 amide bonds. The van der Waals surface area contributed by atoms with Crippen molar-refractivity contribution in [3.63, 3.8) is 0 Å². The van der Waals surface area contributed by atoms with Crippen LogP contribution in [0.4, 0.5) is 10.8 Å². The van der Waals surface area contributed by atoms with Crippen LogP contribution < -0.4 is 5.32 Å². The molecule has 0 saturated carbocycles. The smallest absolute Gasteiger partial charge is 0.279 e. The minimum Gasteiger partial charge on any atom is -0.296 e. The van der Waals surface area contributed by atoms with Crippen molar-refractivity contribution >= 4 is 38.3 Å². The average molecular weight is 394 g/mol. The van der Waals surface area contributed by atoms with E-state index in [-0.39, 0.29) is 11.4 Å². The lowest BCUT2D eigenvalue weighted by molar-refractivity contribution is -0.384. The number of aromatic nitrogens is 4. The van der Waals surface area contributed by atoms with E-state index in [1.165, 1.54) is 28.2 Å². The Kier molecular flexibility index (Phi) is 4.32. The number of anilines is 1. The summed E-state index contributed by atoms with van der Waals surface area (Å²) in [6, 6.07) is 11.8. The Bertz CT molecular complexity index is 1230. The fraction of sp³-hybridized carbons (Fsp3) is 0.111. The van der Waals surface area contributed by atoms with Gasteiger partial charge in [-0.1, -0.05) is 28.7 Å². The largest absolute Gasteiger partial charge is 0.296 e. The second kappa shape index (κ2) is 6.82. The molecule has 0 saturated heterocycles. The predicted molar refractivity (Wildman–Crippen MR) is 105 cm³/mol. The van der Waals surface area contributed by atoms with Crippen molar-refractivity contribution in [1.82, 2.24) is 20.0 Å². The third kappa shape index (κ3) is 3.21. The summed E-state index contributed by atoms with van der Waals surface area (Å²) in [5.74, 6) is -0.440. The number of carbonyl (C=O) groups excluding carboxylic acids is 1. The molecule has 1 N–H and O–H groups in total. The van der Waals surface area contributed by atoms with Gasteiger partial charge in [0.1, 0.15) is 0 Å². The molecule has 4 rings (SSSR count). The first kappa shape index (κ1) is 17.7. The van der Waals surface area contributed by atoms with E-state index in [1.807, 2.05) is 25.1 Å². The molecule has 0 spiro atoms. The highest BCUT2D eigenvalue weighted by Gasteiger charge is 2.20. The van der Waals surface area contributed by atoms with Crippen molar-refractivity contribution in [3.05, 3.63) is 69.5 Å². The number of nitro groups is 1. The number of benzene rings is 2. The van der Waals surface area contributed by atoms with Gasteiger partial charge in [-0.3, -0.25) is 20.2 Å². The molecule has 140 valence electrons. The third-order valence-corrected chi connectivity index (χ3v) is 5.09. The van der Waals surface area contributed by atoms with Crippen LogP contribution >= 0.6 is 11.3 Å². The fourth-order valence-corrected chi connectivity index (χ4v) is 3.72. The number of non-ortho nitro benzene ring substituents is 1. The van der Waals surface area contributed by atoms with Crippen molar-refractivity contribution in [2.45, 2.75) is 13.8 Å². The van der Waals surface area contributed by atoms with E-state index in [0.29, 0.717) is 16.5 Å². The SMILES string of the molecule is Cc1ccc2nc(NC(=O)c3nnn(-c4cccc([N+](=O)[O-])c4)c3C)sc2c1. The lowest BCUT2D eigenvalue weighted by Crippen LogP contribution is -2.14. The van der Waals surface area contributed by atoms with Gasteiger partial charge >= 0.3 is 0 Å². The quantitative estimate of drug-likeness (QED) is 0.417. The second-order valence-electron chi connectivity index (χ2n) is 6.16. The number of carbonyl (C=O) groups is 1. The van der Waals surface area contributed by atoms with Crippen LogP contribution in [0.1, 0.15) is 21.7 Å². The lowest BCUT2D eigenvalue weighted by Gasteiger charge is -2.03. The Morgan fingerprint density at radius 1 is 1.21 bits per heavy atom. The highest BCUT2D eigenvalue weighted by atomic mass is 32.1. The first-order valence-electron chi connectivity index (χ1n) is 8.28. The van der Waals surface area contributed by atoms with Gasteiger partial charge in [0.15, 0.2) is 10.8 Å². The molecule has 0 bridgehead atoms. The van der Waals surface area contributed by atoms with Gasteiger partial charge in [0.2, 0.25) is 0 Å². The number of nitrogens with zero attached hydrogens (tertiary/aromatic N) is 5. The molecule has 4 aromatic rings. The predicted octanol–water partition coefficient (Wildman–Crippen LogP) is 3.65. The summed E-state index contributed by atoms with van der Waals surface area (Å²) in [7, 11) is 0. The Morgan fingerprint density at radius 2 is 2.04 bits per heavy atom. The molecule has 0 aliphatic carbocycles. The van der Waals surface area contributed by atoms with E-state index >= 15 is 0 Å². The summed E-state index contributed by atoms with van der Waals surface area (Å²) < 4.78 is 2.37. The molecule has 0 unspecified atom stereocenters. The molecule has 2 heterocycles. The number of hydrogen-bond donors (Lipinski definition) is 1. The van der Waals surface area contributed by atoms with Crippen LogP contribution in [0, 0.1) is 24.0 Å². The first-order chi connectivity index (χ1) is 13.4. The number of nitro benzene ring substituents is 1.